The Morgan fingerprint density at radius 2 is 0.557 bits per heavy atom. The molecule has 9 heteroatoms. The van der Waals surface area contributed by atoms with Gasteiger partial charge in [-0.05, 0) is 168 Å². The lowest BCUT2D eigenvalue weighted by Gasteiger charge is -2.31. The van der Waals surface area contributed by atoms with Gasteiger partial charge in [0.2, 0.25) is 0 Å². The van der Waals surface area contributed by atoms with Gasteiger partial charge in [-0.2, -0.15) is 0 Å². The number of benzene rings is 6. The number of phenolic OH excluding ortho intramolecular Hbond substituents is 3. The Morgan fingerprint density at radius 3 is 0.807 bits per heavy atom. The van der Waals surface area contributed by atoms with Crippen molar-refractivity contribution in [2.24, 2.45) is 0 Å². The Kier molecular flexibility index (Phi) is 21.0. The maximum atomic E-state index is 14.2. The first-order valence-corrected chi connectivity index (χ1v) is 31.8. The van der Waals surface area contributed by atoms with Crippen molar-refractivity contribution in [3.05, 3.63) is 174 Å². The molecule has 4 unspecified atom stereocenters. The molecule has 88 heavy (non-hydrogen) atoms. The van der Waals surface area contributed by atoms with Gasteiger partial charge in [0, 0.05) is 22.6 Å². The molecule has 0 aliphatic heterocycles. The van der Waals surface area contributed by atoms with Crippen molar-refractivity contribution in [3.8, 4) is 34.5 Å². The van der Waals surface area contributed by atoms with E-state index in [-0.39, 0.29) is 100 Å². The number of hydrogen-bond acceptors (Lipinski definition) is 9. The van der Waals surface area contributed by atoms with Gasteiger partial charge < -0.3 is 29.5 Å². The van der Waals surface area contributed by atoms with Crippen molar-refractivity contribution in [2.45, 2.75) is 261 Å². The fourth-order valence-corrected chi connectivity index (χ4v) is 12.1. The second kappa shape index (κ2) is 26.3. The lowest BCUT2D eigenvalue weighted by atomic mass is 9.75. The van der Waals surface area contributed by atoms with Crippen LogP contribution in [0.5, 0.6) is 34.5 Å². The van der Waals surface area contributed by atoms with Gasteiger partial charge >= 0.3 is 17.9 Å². The van der Waals surface area contributed by atoms with Crippen LogP contribution in [0.2, 0.25) is 0 Å². The molecule has 0 aliphatic carbocycles. The zero-order valence-corrected chi connectivity index (χ0v) is 58.2. The fraction of sp³-hybridized carbons (Fsp3) is 0.506. The molecule has 0 saturated carbocycles. The van der Waals surface area contributed by atoms with E-state index in [9.17, 15) is 29.7 Å². The third kappa shape index (κ3) is 17.1. The van der Waals surface area contributed by atoms with Crippen LogP contribution < -0.4 is 14.2 Å². The first-order valence-electron chi connectivity index (χ1n) is 31.8. The van der Waals surface area contributed by atoms with Crippen LogP contribution >= 0.6 is 0 Å². The molecular weight excluding hydrogens is 1090 g/mol. The van der Waals surface area contributed by atoms with Crippen LogP contribution in [0.15, 0.2) is 91.0 Å². The third-order valence-corrected chi connectivity index (χ3v) is 17.5. The molecule has 0 amide bonds. The second-order valence-corrected chi connectivity index (χ2v) is 31.9. The molecule has 6 rings (SSSR count). The number of carbonyl (C=O) groups excluding carboxylic acids is 3. The average molecular weight is 1200 g/mol. The zero-order chi connectivity index (χ0) is 66.3. The molecule has 0 fully saturated rings. The van der Waals surface area contributed by atoms with E-state index in [4.69, 9.17) is 14.2 Å². The van der Waals surface area contributed by atoms with Gasteiger partial charge in [0.05, 0.1) is 19.3 Å². The summed E-state index contributed by atoms with van der Waals surface area (Å²) in [7, 11) is 0. The van der Waals surface area contributed by atoms with Crippen molar-refractivity contribution < 1.29 is 43.9 Å². The predicted molar refractivity (Wildman–Crippen MR) is 361 cm³/mol. The number of carbonyl (C=O) groups is 3. The van der Waals surface area contributed by atoms with Crippen LogP contribution in [0.1, 0.15) is 291 Å². The van der Waals surface area contributed by atoms with Crippen LogP contribution in [0.4, 0.5) is 0 Å². The maximum absolute atomic E-state index is 14.2. The molecule has 6 aromatic carbocycles. The van der Waals surface area contributed by atoms with Gasteiger partial charge in [-0.15, -0.1) is 0 Å². The van der Waals surface area contributed by atoms with Crippen LogP contribution in [-0.2, 0) is 46.9 Å². The molecule has 0 heterocycles. The number of hydrogen-bond donors (Lipinski definition) is 3. The van der Waals surface area contributed by atoms with E-state index < -0.39 is 16.2 Å². The molecule has 0 bridgehead atoms. The van der Waals surface area contributed by atoms with E-state index in [0.29, 0.717) is 23.7 Å². The summed E-state index contributed by atoms with van der Waals surface area (Å²) in [6.45, 7) is 52.2. The number of ether oxygens (including phenoxy) is 3. The lowest BCUT2D eigenvalue weighted by molar-refractivity contribution is -0.135. The van der Waals surface area contributed by atoms with Gasteiger partial charge in [0.1, 0.15) is 34.5 Å². The number of aromatic hydroxyl groups is 3. The molecule has 6 aromatic rings. The van der Waals surface area contributed by atoms with Crippen molar-refractivity contribution in [1.29, 1.82) is 0 Å². The van der Waals surface area contributed by atoms with Crippen LogP contribution in [-0.4, -0.2) is 33.2 Å². The van der Waals surface area contributed by atoms with Gasteiger partial charge in [-0.3, -0.25) is 14.4 Å². The van der Waals surface area contributed by atoms with E-state index in [0.717, 1.165) is 83.5 Å². The van der Waals surface area contributed by atoms with Crippen molar-refractivity contribution >= 4 is 17.9 Å². The maximum Gasteiger partial charge on any atom is 0.311 e. The Hall–Kier alpha value is -6.87. The molecule has 0 saturated heterocycles. The smallest absolute Gasteiger partial charge is 0.311 e. The van der Waals surface area contributed by atoms with Crippen molar-refractivity contribution in [2.75, 3.05) is 0 Å². The summed E-state index contributed by atoms with van der Waals surface area (Å²) in [6, 6.07) is 30.0. The largest absolute Gasteiger partial charge is 0.508 e. The van der Waals surface area contributed by atoms with E-state index >= 15 is 0 Å². The Labute approximate surface area is 529 Å². The van der Waals surface area contributed by atoms with E-state index in [1.165, 1.54) is 0 Å². The SMILES string of the molecule is Cc1cc(C(C)CC(c2cc(C)c(OC(=O)CC(C)c3ccc(O)c(C(C)(C)C)c3)c(C(C)(C)C)c2)c2cc(C)c(OC(=O)CC(C)c3ccc(O)c(C(C)(C)C)c3)c(C(C)(C)C)c2)cc(C(C)(C)C)c1OC(=O)CC(C)c1ccc(O)c(C(C)(C)C)c1. The molecule has 0 spiro atoms. The van der Waals surface area contributed by atoms with Crippen molar-refractivity contribution in [1.82, 2.24) is 0 Å². The quantitative estimate of drug-likeness (QED) is 0.0601. The van der Waals surface area contributed by atoms with Crippen molar-refractivity contribution in [3.63, 3.8) is 0 Å². The topological polar surface area (TPSA) is 140 Å². The summed E-state index contributed by atoms with van der Waals surface area (Å²) in [5, 5.41) is 32.1. The molecular formula is C79H106O9. The van der Waals surface area contributed by atoms with Gasteiger partial charge in [0.15, 0.2) is 0 Å². The summed E-state index contributed by atoms with van der Waals surface area (Å²) >= 11 is 0. The van der Waals surface area contributed by atoms with Crippen LogP contribution in [0.25, 0.3) is 0 Å². The summed E-state index contributed by atoms with van der Waals surface area (Å²) < 4.78 is 19.4. The molecule has 0 aliphatic rings. The molecule has 0 radical (unpaired) electrons. The third-order valence-electron chi connectivity index (χ3n) is 17.5. The highest BCUT2D eigenvalue weighted by molar-refractivity contribution is 5.77. The van der Waals surface area contributed by atoms with E-state index in [1.54, 1.807) is 18.2 Å². The van der Waals surface area contributed by atoms with E-state index in [2.05, 4.69) is 168 Å². The number of esters is 3. The second-order valence-electron chi connectivity index (χ2n) is 31.9. The average Bonchev–Trinajstić information content (AvgIpc) is 2.28. The zero-order valence-electron chi connectivity index (χ0n) is 58.2. The summed E-state index contributed by atoms with van der Waals surface area (Å²) in [5.74, 6) is 0.646. The minimum absolute atomic E-state index is 0.0340. The molecule has 476 valence electrons. The van der Waals surface area contributed by atoms with Crippen LogP contribution in [0.3, 0.4) is 0 Å². The molecule has 4 atom stereocenters. The Morgan fingerprint density at radius 1 is 0.330 bits per heavy atom. The first-order chi connectivity index (χ1) is 40.3. The predicted octanol–water partition coefficient (Wildman–Crippen LogP) is 20.1. The summed E-state index contributed by atoms with van der Waals surface area (Å²) in [6.07, 6.45) is 1.11. The van der Waals surface area contributed by atoms with E-state index in [1.807, 2.05) is 77.9 Å². The Balaban J connectivity index is 1.43. The highest BCUT2D eigenvalue weighted by Gasteiger charge is 2.33. The molecule has 0 aromatic heterocycles. The number of aryl methyl sites for hydroxylation is 3. The Bertz CT molecular complexity index is 3380. The number of rotatable bonds is 17. The standard InChI is InChI=1S/C79H106O9/c1-45(55-32-49(5)71(62(42-55)77(17,18)19)86-68(83)36-46(2)52-26-29-65(80)59(39-52)74(8,9)10)35-58(56-33-50(6)72(63(43-56)78(20,21)22)87-69(84)37-47(3)53-27-30-66(81)60(40-53)75(11,12)13)57-34-51(7)73(64(44-57)79(23,24)25)88-70(85)38-48(4)54-28-31-67(82)61(41-54)76(14,15)16/h26-34,39-48,58,80-82H,35-38H2,1-25H3. The number of phenols is 3. The minimum Gasteiger partial charge on any atom is -0.508 e. The van der Waals surface area contributed by atoms with Gasteiger partial charge in [0.25, 0.3) is 0 Å². The molecule has 9 nitrogen and oxygen atoms in total. The normalized spacial score (nSPS) is 14.4. The first kappa shape index (κ1) is 70.2. The lowest BCUT2D eigenvalue weighted by Crippen LogP contribution is -2.21. The van der Waals surface area contributed by atoms with Crippen LogP contribution in [0, 0.1) is 20.8 Å². The van der Waals surface area contributed by atoms with Gasteiger partial charge in [-0.1, -0.05) is 225 Å². The minimum atomic E-state index is -0.448. The molecule has 3 N–H and O–H groups in total. The monoisotopic (exact) mass is 1200 g/mol. The summed E-state index contributed by atoms with van der Waals surface area (Å²) in [5.41, 5.74) is 11.7. The highest BCUT2D eigenvalue weighted by atomic mass is 16.5. The highest BCUT2D eigenvalue weighted by Crippen LogP contribution is 2.47. The fourth-order valence-electron chi connectivity index (χ4n) is 12.1. The van der Waals surface area contributed by atoms with Gasteiger partial charge in [-0.25, -0.2) is 0 Å². The summed E-state index contributed by atoms with van der Waals surface area (Å²) in [4.78, 5) is 42.4.